The van der Waals surface area contributed by atoms with Crippen molar-refractivity contribution in [3.05, 3.63) is 100 Å². The maximum Gasteiger partial charge on any atom is 0.415 e. The summed E-state index contributed by atoms with van der Waals surface area (Å²) in [5.74, 6) is 0.185. The number of carbonyl (C=O) groups is 2. The van der Waals surface area contributed by atoms with E-state index in [1.165, 1.54) is 12.1 Å². The van der Waals surface area contributed by atoms with Crippen molar-refractivity contribution < 1.29 is 24.0 Å². The number of nitro benzene ring substituents is 1. The molecular formula is C26H22N4O6. The molecule has 0 aliphatic carbocycles. The number of nitro groups is 1. The van der Waals surface area contributed by atoms with Crippen molar-refractivity contribution in [3.63, 3.8) is 0 Å². The number of alkyl carbamates (subject to hydrolysis) is 1. The summed E-state index contributed by atoms with van der Waals surface area (Å²) < 4.78 is 13.0. The van der Waals surface area contributed by atoms with Gasteiger partial charge >= 0.3 is 6.09 Å². The smallest absolute Gasteiger partial charge is 0.415 e. The maximum absolute atomic E-state index is 12.7. The van der Waals surface area contributed by atoms with Crippen molar-refractivity contribution in [1.29, 1.82) is 0 Å². The Morgan fingerprint density at radius 3 is 2.39 bits per heavy atom. The van der Waals surface area contributed by atoms with Gasteiger partial charge in [-0.15, -0.1) is 0 Å². The van der Waals surface area contributed by atoms with Gasteiger partial charge < -0.3 is 9.47 Å². The van der Waals surface area contributed by atoms with Crippen LogP contribution in [0.15, 0.2) is 79.0 Å². The van der Waals surface area contributed by atoms with Crippen LogP contribution in [0, 0.1) is 10.1 Å². The van der Waals surface area contributed by atoms with Crippen LogP contribution in [-0.2, 0) is 28.9 Å². The molecule has 2 heterocycles. The first-order chi connectivity index (χ1) is 17.4. The number of fused-ring (bicyclic) bond motifs is 1. The van der Waals surface area contributed by atoms with Gasteiger partial charge in [-0.3, -0.25) is 24.9 Å². The van der Waals surface area contributed by atoms with Crippen LogP contribution in [0.4, 0.5) is 10.5 Å². The maximum atomic E-state index is 12.7. The van der Waals surface area contributed by atoms with E-state index in [0.29, 0.717) is 29.8 Å². The van der Waals surface area contributed by atoms with Crippen LogP contribution in [0.25, 0.3) is 10.9 Å². The quantitative estimate of drug-likeness (QED) is 0.282. The number of hydrogen-bond acceptors (Lipinski definition) is 7. The monoisotopic (exact) mass is 486 g/mol. The van der Waals surface area contributed by atoms with Crippen molar-refractivity contribution in [2.45, 2.75) is 25.0 Å². The number of benzene rings is 3. The summed E-state index contributed by atoms with van der Waals surface area (Å²) in [7, 11) is 0. The van der Waals surface area contributed by atoms with Gasteiger partial charge in [-0.05, 0) is 29.3 Å². The molecule has 1 aliphatic rings. The minimum absolute atomic E-state index is 0.0220. The van der Waals surface area contributed by atoms with Gasteiger partial charge in [0, 0.05) is 36.6 Å². The van der Waals surface area contributed by atoms with E-state index in [9.17, 15) is 19.7 Å². The molecule has 1 unspecified atom stereocenters. The summed E-state index contributed by atoms with van der Waals surface area (Å²) in [5, 5.41) is 18.3. The Balaban J connectivity index is 1.22. The fourth-order valence-electron chi connectivity index (χ4n) is 4.26. The average Bonchev–Trinajstić information content (AvgIpc) is 3.39. The molecule has 5 rings (SSSR count). The predicted octanol–water partition coefficient (Wildman–Crippen LogP) is 3.81. The van der Waals surface area contributed by atoms with E-state index in [0.717, 1.165) is 11.1 Å². The highest BCUT2D eigenvalue weighted by molar-refractivity contribution is 6.03. The van der Waals surface area contributed by atoms with Gasteiger partial charge in [0.05, 0.1) is 17.0 Å². The number of ether oxygens (including phenoxy) is 2. The van der Waals surface area contributed by atoms with E-state index < -0.39 is 22.5 Å². The number of carbonyl (C=O) groups excluding carboxylic acids is 2. The fourth-order valence-corrected chi connectivity index (χ4v) is 4.26. The summed E-state index contributed by atoms with van der Waals surface area (Å²) in [6.45, 7) is 0.800. The minimum Gasteiger partial charge on any atom is -0.492 e. The molecule has 10 nitrogen and oxygen atoms in total. The van der Waals surface area contributed by atoms with Crippen molar-refractivity contribution in [2.24, 2.45) is 0 Å². The van der Waals surface area contributed by atoms with Crippen LogP contribution in [-0.4, -0.2) is 38.9 Å². The molecule has 0 saturated carbocycles. The van der Waals surface area contributed by atoms with E-state index in [-0.39, 0.29) is 18.5 Å². The van der Waals surface area contributed by atoms with E-state index in [2.05, 4.69) is 10.4 Å². The first-order valence-electron chi connectivity index (χ1n) is 11.3. The zero-order chi connectivity index (χ0) is 25.1. The molecule has 1 aliphatic heterocycles. The van der Waals surface area contributed by atoms with E-state index in [1.54, 1.807) is 29.1 Å². The molecule has 1 atom stereocenters. The van der Waals surface area contributed by atoms with Crippen molar-refractivity contribution in [2.75, 3.05) is 6.61 Å². The molecule has 2 amide bonds. The molecular weight excluding hydrogens is 464 g/mol. The highest BCUT2D eigenvalue weighted by atomic mass is 16.6. The van der Waals surface area contributed by atoms with Gasteiger partial charge in [-0.2, -0.15) is 5.10 Å². The number of rotatable bonds is 9. The lowest BCUT2D eigenvalue weighted by Gasteiger charge is -2.25. The molecule has 0 bridgehead atoms. The number of non-ortho nitro benzene ring substituents is 1. The van der Waals surface area contributed by atoms with Gasteiger partial charge in [0.1, 0.15) is 12.4 Å². The summed E-state index contributed by atoms with van der Waals surface area (Å²) in [4.78, 5) is 35.0. The molecule has 1 aromatic heterocycles. The van der Waals surface area contributed by atoms with Gasteiger partial charge in [-0.1, -0.05) is 42.5 Å². The van der Waals surface area contributed by atoms with Crippen LogP contribution in [0.5, 0.6) is 5.75 Å². The molecule has 0 spiro atoms. The Labute approximate surface area is 205 Å². The number of cyclic esters (lactones) is 1. The van der Waals surface area contributed by atoms with Gasteiger partial charge in [0.25, 0.3) is 11.6 Å². The van der Waals surface area contributed by atoms with Gasteiger partial charge in [0.15, 0.2) is 0 Å². The summed E-state index contributed by atoms with van der Waals surface area (Å²) in [6.07, 6.45) is 1.50. The van der Waals surface area contributed by atoms with Crippen LogP contribution in [0.2, 0.25) is 0 Å². The summed E-state index contributed by atoms with van der Waals surface area (Å²) >= 11 is 0. The third kappa shape index (κ3) is 4.88. The third-order valence-electron chi connectivity index (χ3n) is 6.00. The molecule has 0 radical (unpaired) electrons. The first-order valence-corrected chi connectivity index (χ1v) is 11.3. The number of amides is 2. The lowest BCUT2D eigenvalue weighted by molar-refractivity contribution is -0.384. The number of aromatic nitrogens is 2. The second kappa shape index (κ2) is 9.49. The number of nitrogens with one attached hydrogen (secondary N) is 1. The van der Waals surface area contributed by atoms with Crippen LogP contribution in [0.3, 0.4) is 0 Å². The molecule has 36 heavy (non-hydrogen) atoms. The minimum atomic E-state index is -1.31. The third-order valence-corrected chi connectivity index (χ3v) is 6.00. The Morgan fingerprint density at radius 1 is 1.00 bits per heavy atom. The Hall–Kier alpha value is -4.73. The van der Waals surface area contributed by atoms with Crippen LogP contribution >= 0.6 is 0 Å². The highest BCUT2D eigenvalue weighted by Gasteiger charge is 2.49. The van der Waals surface area contributed by atoms with E-state index >= 15 is 0 Å². The number of nitrogens with zero attached hydrogens (tertiary/aromatic N) is 3. The highest BCUT2D eigenvalue weighted by Crippen LogP contribution is 2.28. The Morgan fingerprint density at radius 2 is 1.72 bits per heavy atom. The Kier molecular flexibility index (Phi) is 6.07. The SMILES string of the molecule is O=C1NC(=O)C(Cc2ccccc2)(Cc2ccc(OCCn3cc4cc([N+](=O)[O-])ccc4n3)cc2)O1. The first kappa shape index (κ1) is 23.0. The second-order valence-electron chi connectivity index (χ2n) is 8.56. The van der Waals surface area contributed by atoms with Gasteiger partial charge in [0.2, 0.25) is 5.60 Å². The van der Waals surface area contributed by atoms with Crippen molar-refractivity contribution in [1.82, 2.24) is 15.1 Å². The van der Waals surface area contributed by atoms with Gasteiger partial charge in [-0.25, -0.2) is 4.79 Å². The topological polar surface area (TPSA) is 126 Å². The molecule has 182 valence electrons. The van der Waals surface area contributed by atoms with E-state index in [1.807, 2.05) is 42.5 Å². The molecule has 10 heteroatoms. The summed E-state index contributed by atoms with van der Waals surface area (Å²) in [5.41, 5.74) is 1.10. The van der Waals surface area contributed by atoms with E-state index in [4.69, 9.17) is 9.47 Å². The zero-order valence-electron chi connectivity index (χ0n) is 19.1. The average molecular weight is 486 g/mol. The summed E-state index contributed by atoms with van der Waals surface area (Å²) in [6, 6.07) is 21.2. The normalized spacial score (nSPS) is 17.1. The second-order valence-corrected chi connectivity index (χ2v) is 8.56. The Bertz CT molecular complexity index is 1430. The molecule has 4 aromatic rings. The largest absolute Gasteiger partial charge is 0.492 e. The van der Waals surface area contributed by atoms with Crippen molar-refractivity contribution >= 4 is 28.6 Å². The number of hydrogen-bond donors (Lipinski definition) is 1. The van der Waals surface area contributed by atoms with Crippen LogP contribution < -0.4 is 10.1 Å². The molecule has 1 fully saturated rings. The zero-order valence-corrected chi connectivity index (χ0v) is 19.1. The molecule has 1 saturated heterocycles. The standard InChI is InChI=1S/C26H22N4O6/c31-24-26(36-25(32)27-24,15-18-4-2-1-3-5-18)16-19-6-9-22(10-7-19)35-13-12-29-17-20-14-21(30(33)34)8-11-23(20)28-29/h1-11,14,17H,12-13,15-16H2,(H,27,31,32). The van der Waals surface area contributed by atoms with Crippen molar-refractivity contribution in [3.8, 4) is 5.75 Å². The number of imide groups is 1. The lowest BCUT2D eigenvalue weighted by Crippen LogP contribution is -2.43. The lowest BCUT2D eigenvalue weighted by atomic mass is 9.87. The molecule has 3 aromatic carbocycles. The molecule has 1 N–H and O–H groups in total. The fraction of sp³-hybridized carbons (Fsp3) is 0.192. The predicted molar refractivity (Wildman–Crippen MR) is 130 cm³/mol. The van der Waals surface area contributed by atoms with Crippen LogP contribution in [0.1, 0.15) is 11.1 Å².